The number of benzene rings is 1. The number of nitrogens with one attached hydrogen (secondary N) is 2. The van der Waals surface area contributed by atoms with Crippen LogP contribution in [-0.2, 0) is 14.3 Å². The number of carbonyl (C=O) groups is 3. The number of nitro benzene ring substituents is 1. The van der Waals surface area contributed by atoms with Crippen LogP contribution in [0, 0.1) is 10.1 Å². The van der Waals surface area contributed by atoms with E-state index in [1.165, 1.54) is 12.1 Å². The van der Waals surface area contributed by atoms with Crippen LogP contribution in [-0.4, -0.2) is 41.4 Å². The molecule has 1 aromatic rings. The van der Waals surface area contributed by atoms with Crippen LogP contribution in [0.3, 0.4) is 0 Å². The third-order valence-electron chi connectivity index (χ3n) is 3.52. The predicted octanol–water partition coefficient (Wildman–Crippen LogP) is 1.83. The van der Waals surface area contributed by atoms with Crippen LogP contribution in [0.2, 0.25) is 5.02 Å². The molecular weight excluding hydrogens is 366 g/mol. The highest BCUT2D eigenvalue weighted by atomic mass is 35.5. The van der Waals surface area contributed by atoms with Crippen molar-refractivity contribution < 1.29 is 24.0 Å². The number of carbonyl (C=O) groups excluding carboxylic acids is 3. The van der Waals surface area contributed by atoms with Gasteiger partial charge >= 0.3 is 5.97 Å². The molecule has 0 aliphatic carbocycles. The highest BCUT2D eigenvalue weighted by molar-refractivity contribution is 6.32. The van der Waals surface area contributed by atoms with E-state index in [4.69, 9.17) is 16.3 Å². The molecule has 1 aromatic carbocycles. The van der Waals surface area contributed by atoms with Crippen molar-refractivity contribution in [2.24, 2.45) is 0 Å². The molecule has 142 valence electrons. The molecule has 0 aliphatic rings. The van der Waals surface area contributed by atoms with E-state index in [9.17, 15) is 24.5 Å². The number of rotatable bonds is 8. The molecule has 10 heteroatoms. The van der Waals surface area contributed by atoms with Gasteiger partial charge in [0, 0.05) is 17.2 Å². The summed E-state index contributed by atoms with van der Waals surface area (Å²) in [5.74, 6) is -1.98. The Balaban J connectivity index is 2.50. The zero-order valence-electron chi connectivity index (χ0n) is 14.6. The summed E-state index contributed by atoms with van der Waals surface area (Å²) < 4.78 is 4.77. The summed E-state index contributed by atoms with van der Waals surface area (Å²) >= 11 is 5.67. The zero-order chi connectivity index (χ0) is 19.9. The molecule has 0 fully saturated rings. The molecule has 26 heavy (non-hydrogen) atoms. The molecule has 0 atom stereocenters. The molecule has 0 heterocycles. The van der Waals surface area contributed by atoms with Gasteiger partial charge in [-0.25, -0.2) is 0 Å². The lowest BCUT2D eigenvalue weighted by Gasteiger charge is -2.24. The average molecular weight is 386 g/mol. The fraction of sp³-hybridized carbons (Fsp3) is 0.438. The molecule has 0 saturated heterocycles. The SMILES string of the molecule is CCC(C)(C)NC(=O)COC(=O)CNC(=O)c1ccc(Cl)c([N+](=O)[O-])c1. The van der Waals surface area contributed by atoms with Gasteiger partial charge in [-0.15, -0.1) is 0 Å². The first-order valence-corrected chi connectivity index (χ1v) is 8.12. The molecular formula is C16H20ClN3O6. The normalized spacial score (nSPS) is 10.8. The largest absolute Gasteiger partial charge is 0.454 e. The van der Waals surface area contributed by atoms with Crippen molar-refractivity contribution in [2.45, 2.75) is 32.7 Å². The summed E-state index contributed by atoms with van der Waals surface area (Å²) in [5.41, 5.74) is -0.866. The second kappa shape index (κ2) is 9.14. The van der Waals surface area contributed by atoms with Crippen LogP contribution in [0.5, 0.6) is 0 Å². The highest BCUT2D eigenvalue weighted by Gasteiger charge is 2.19. The van der Waals surface area contributed by atoms with Crippen molar-refractivity contribution in [1.82, 2.24) is 10.6 Å². The van der Waals surface area contributed by atoms with Crippen molar-refractivity contribution in [1.29, 1.82) is 0 Å². The Kier molecular flexibility index (Phi) is 7.51. The Morgan fingerprint density at radius 2 is 1.96 bits per heavy atom. The number of hydrogen-bond donors (Lipinski definition) is 2. The van der Waals surface area contributed by atoms with Crippen LogP contribution in [0.4, 0.5) is 5.69 Å². The van der Waals surface area contributed by atoms with Crippen LogP contribution in [0.1, 0.15) is 37.6 Å². The maximum atomic E-state index is 11.9. The Bertz CT molecular complexity index is 720. The van der Waals surface area contributed by atoms with E-state index in [1.54, 1.807) is 0 Å². The molecule has 2 N–H and O–H groups in total. The highest BCUT2D eigenvalue weighted by Crippen LogP contribution is 2.24. The number of ether oxygens (including phenoxy) is 1. The minimum absolute atomic E-state index is 0.0312. The molecule has 0 bridgehead atoms. The van der Waals surface area contributed by atoms with Gasteiger partial charge in [-0.05, 0) is 32.4 Å². The molecule has 0 aliphatic heterocycles. The monoisotopic (exact) mass is 385 g/mol. The summed E-state index contributed by atoms with van der Waals surface area (Å²) in [5, 5.41) is 15.7. The molecule has 0 radical (unpaired) electrons. The van der Waals surface area contributed by atoms with Gasteiger partial charge < -0.3 is 15.4 Å². The minimum atomic E-state index is -0.814. The molecule has 0 unspecified atom stereocenters. The molecule has 9 nitrogen and oxygen atoms in total. The third-order valence-corrected chi connectivity index (χ3v) is 3.84. The lowest BCUT2D eigenvalue weighted by atomic mass is 10.0. The van der Waals surface area contributed by atoms with E-state index in [0.29, 0.717) is 6.42 Å². The van der Waals surface area contributed by atoms with Crippen LogP contribution < -0.4 is 10.6 Å². The van der Waals surface area contributed by atoms with E-state index in [0.717, 1.165) is 6.07 Å². The van der Waals surface area contributed by atoms with Gasteiger partial charge in [0.15, 0.2) is 6.61 Å². The number of halogens is 1. The quantitative estimate of drug-likeness (QED) is 0.399. The van der Waals surface area contributed by atoms with E-state index in [2.05, 4.69) is 10.6 Å². The fourth-order valence-corrected chi connectivity index (χ4v) is 1.93. The topological polar surface area (TPSA) is 128 Å². The fourth-order valence-electron chi connectivity index (χ4n) is 1.75. The first-order chi connectivity index (χ1) is 12.1. The van der Waals surface area contributed by atoms with Gasteiger partial charge in [0.1, 0.15) is 11.6 Å². The van der Waals surface area contributed by atoms with Crippen molar-refractivity contribution in [3.8, 4) is 0 Å². The predicted molar refractivity (Wildman–Crippen MR) is 93.9 cm³/mol. The van der Waals surface area contributed by atoms with Gasteiger partial charge in [0.25, 0.3) is 17.5 Å². The Morgan fingerprint density at radius 1 is 1.31 bits per heavy atom. The third kappa shape index (κ3) is 6.67. The number of nitro groups is 1. The van der Waals surface area contributed by atoms with Crippen molar-refractivity contribution in [2.75, 3.05) is 13.2 Å². The zero-order valence-corrected chi connectivity index (χ0v) is 15.4. The number of amides is 2. The molecule has 1 rings (SSSR count). The summed E-state index contributed by atoms with van der Waals surface area (Å²) in [7, 11) is 0. The Morgan fingerprint density at radius 3 is 2.54 bits per heavy atom. The van der Waals surface area contributed by atoms with Crippen molar-refractivity contribution in [3.05, 3.63) is 38.9 Å². The average Bonchev–Trinajstić information content (AvgIpc) is 2.57. The summed E-state index contributed by atoms with van der Waals surface area (Å²) in [6, 6.07) is 3.51. The Hall–Kier alpha value is -2.68. The van der Waals surface area contributed by atoms with Crippen LogP contribution in [0.15, 0.2) is 18.2 Å². The second-order valence-electron chi connectivity index (χ2n) is 6.05. The number of nitrogens with zero attached hydrogens (tertiary/aromatic N) is 1. The summed E-state index contributed by atoms with van der Waals surface area (Å²) in [4.78, 5) is 45.3. The van der Waals surface area contributed by atoms with E-state index in [1.807, 2.05) is 20.8 Å². The lowest BCUT2D eigenvalue weighted by molar-refractivity contribution is -0.384. The molecule has 2 amide bonds. The van der Waals surface area contributed by atoms with Gasteiger partial charge in [0.2, 0.25) is 0 Å². The summed E-state index contributed by atoms with van der Waals surface area (Å²) in [6.45, 7) is 4.61. The molecule has 0 spiro atoms. The standard InChI is InChI=1S/C16H20ClN3O6/c1-4-16(2,3)19-13(21)9-26-14(22)8-18-15(23)10-5-6-11(17)12(7-10)20(24)25/h5-7H,4,8-9H2,1-3H3,(H,18,23)(H,19,21). The molecule has 0 aromatic heterocycles. The summed E-state index contributed by atoms with van der Waals surface area (Å²) in [6.07, 6.45) is 0.704. The van der Waals surface area contributed by atoms with E-state index >= 15 is 0 Å². The van der Waals surface area contributed by atoms with Crippen LogP contribution >= 0.6 is 11.6 Å². The first kappa shape index (κ1) is 21.4. The Labute approximate surface area is 155 Å². The first-order valence-electron chi connectivity index (χ1n) is 7.74. The maximum absolute atomic E-state index is 11.9. The van der Waals surface area contributed by atoms with Gasteiger partial charge in [0.05, 0.1) is 4.92 Å². The van der Waals surface area contributed by atoms with Gasteiger partial charge in [-0.2, -0.15) is 0 Å². The van der Waals surface area contributed by atoms with Gasteiger partial charge in [-0.3, -0.25) is 24.5 Å². The van der Waals surface area contributed by atoms with Crippen molar-refractivity contribution >= 4 is 35.1 Å². The number of hydrogen-bond acceptors (Lipinski definition) is 6. The second-order valence-corrected chi connectivity index (χ2v) is 6.46. The van der Waals surface area contributed by atoms with Crippen LogP contribution in [0.25, 0.3) is 0 Å². The maximum Gasteiger partial charge on any atom is 0.325 e. The molecule has 0 saturated carbocycles. The van der Waals surface area contributed by atoms with E-state index in [-0.39, 0.29) is 10.6 Å². The number of esters is 1. The van der Waals surface area contributed by atoms with E-state index < -0.39 is 47.1 Å². The lowest BCUT2D eigenvalue weighted by Crippen LogP contribution is -2.45. The minimum Gasteiger partial charge on any atom is -0.454 e. The van der Waals surface area contributed by atoms with Crippen molar-refractivity contribution in [3.63, 3.8) is 0 Å². The van der Waals surface area contributed by atoms with Gasteiger partial charge in [-0.1, -0.05) is 18.5 Å². The smallest absolute Gasteiger partial charge is 0.325 e.